The van der Waals surface area contributed by atoms with Crippen LogP contribution < -0.4 is 0 Å². The summed E-state index contributed by atoms with van der Waals surface area (Å²) in [5, 5.41) is 1.18. The standard InChI is InChI=1S/C11H10Cl2N2S/c12-9-2-1-8(7-10(9)13)3-5-15-6-4-14-11(15)16/h1-2,4,6-7H,3,5H2,(H,14,16). The average molecular weight is 273 g/mol. The number of nitrogens with zero attached hydrogens (tertiary/aromatic N) is 1. The highest BCUT2D eigenvalue weighted by Gasteiger charge is 2.00. The van der Waals surface area contributed by atoms with Crippen molar-refractivity contribution in [2.24, 2.45) is 0 Å². The molecular weight excluding hydrogens is 263 g/mol. The molecule has 1 heterocycles. The van der Waals surface area contributed by atoms with E-state index >= 15 is 0 Å². The quantitative estimate of drug-likeness (QED) is 0.835. The number of aromatic amines is 1. The number of aromatic nitrogens is 2. The minimum Gasteiger partial charge on any atom is -0.337 e. The summed E-state index contributed by atoms with van der Waals surface area (Å²) in [7, 11) is 0. The third-order valence-corrected chi connectivity index (χ3v) is 3.44. The van der Waals surface area contributed by atoms with Crippen LogP contribution in [-0.4, -0.2) is 9.55 Å². The molecule has 5 heteroatoms. The maximum absolute atomic E-state index is 5.94. The van der Waals surface area contributed by atoms with Gasteiger partial charge in [0.2, 0.25) is 0 Å². The van der Waals surface area contributed by atoms with Gasteiger partial charge in [-0.15, -0.1) is 0 Å². The number of rotatable bonds is 3. The molecule has 16 heavy (non-hydrogen) atoms. The molecule has 2 rings (SSSR count). The van der Waals surface area contributed by atoms with Gasteiger partial charge in [-0.25, -0.2) is 0 Å². The second kappa shape index (κ2) is 5.04. The van der Waals surface area contributed by atoms with Crippen LogP contribution in [0, 0.1) is 4.77 Å². The van der Waals surface area contributed by atoms with Crippen LogP contribution in [0.5, 0.6) is 0 Å². The second-order valence-corrected chi connectivity index (χ2v) is 4.66. The van der Waals surface area contributed by atoms with E-state index in [1.807, 2.05) is 35.2 Å². The van der Waals surface area contributed by atoms with Crippen molar-refractivity contribution in [3.8, 4) is 0 Å². The maximum atomic E-state index is 5.94. The lowest BCUT2D eigenvalue weighted by Gasteiger charge is -2.04. The number of nitrogens with one attached hydrogen (secondary N) is 1. The molecule has 0 fully saturated rings. The Bertz CT molecular complexity index is 545. The highest BCUT2D eigenvalue weighted by molar-refractivity contribution is 7.71. The first-order valence-electron chi connectivity index (χ1n) is 4.84. The van der Waals surface area contributed by atoms with E-state index in [-0.39, 0.29) is 0 Å². The average Bonchev–Trinajstić information content (AvgIpc) is 2.66. The molecule has 0 bridgehead atoms. The van der Waals surface area contributed by atoms with Gasteiger partial charge in [0, 0.05) is 18.9 Å². The van der Waals surface area contributed by atoms with Crippen LogP contribution in [0.4, 0.5) is 0 Å². The predicted molar refractivity (Wildman–Crippen MR) is 69.8 cm³/mol. The molecule has 0 unspecified atom stereocenters. The molecule has 0 aliphatic heterocycles. The van der Waals surface area contributed by atoms with Crippen molar-refractivity contribution in [1.82, 2.24) is 9.55 Å². The molecule has 0 atom stereocenters. The highest BCUT2D eigenvalue weighted by atomic mass is 35.5. The highest BCUT2D eigenvalue weighted by Crippen LogP contribution is 2.22. The Labute approximate surface area is 109 Å². The second-order valence-electron chi connectivity index (χ2n) is 3.46. The Morgan fingerprint density at radius 3 is 2.69 bits per heavy atom. The molecule has 1 aromatic heterocycles. The van der Waals surface area contributed by atoms with Crippen LogP contribution in [0.1, 0.15) is 5.56 Å². The lowest BCUT2D eigenvalue weighted by molar-refractivity contribution is 0.687. The molecule has 0 aliphatic carbocycles. The molecule has 84 valence electrons. The topological polar surface area (TPSA) is 20.7 Å². The van der Waals surface area contributed by atoms with Crippen molar-refractivity contribution in [1.29, 1.82) is 0 Å². The zero-order valence-electron chi connectivity index (χ0n) is 8.41. The van der Waals surface area contributed by atoms with Gasteiger partial charge >= 0.3 is 0 Å². The van der Waals surface area contributed by atoms with E-state index in [0.717, 1.165) is 23.3 Å². The van der Waals surface area contributed by atoms with Gasteiger partial charge in [0.05, 0.1) is 10.0 Å². The van der Waals surface area contributed by atoms with Crippen LogP contribution in [0.3, 0.4) is 0 Å². The van der Waals surface area contributed by atoms with Crippen LogP contribution in [0.15, 0.2) is 30.6 Å². The van der Waals surface area contributed by atoms with Crippen molar-refractivity contribution in [2.45, 2.75) is 13.0 Å². The summed E-state index contributed by atoms with van der Waals surface area (Å²) in [5.41, 5.74) is 1.15. The summed E-state index contributed by atoms with van der Waals surface area (Å²) >= 11 is 16.9. The van der Waals surface area contributed by atoms with Crippen LogP contribution in [-0.2, 0) is 13.0 Å². The molecule has 1 N–H and O–H groups in total. The normalized spacial score (nSPS) is 10.6. The number of H-pyrrole nitrogens is 1. The third-order valence-electron chi connectivity index (χ3n) is 2.35. The van der Waals surface area contributed by atoms with E-state index in [9.17, 15) is 0 Å². The summed E-state index contributed by atoms with van der Waals surface area (Å²) in [5.74, 6) is 0. The first-order chi connectivity index (χ1) is 7.66. The molecule has 2 nitrogen and oxygen atoms in total. The molecular formula is C11H10Cl2N2S. The molecule has 0 aliphatic rings. The van der Waals surface area contributed by atoms with E-state index in [1.165, 1.54) is 0 Å². The van der Waals surface area contributed by atoms with Crippen LogP contribution in [0.25, 0.3) is 0 Å². The Morgan fingerprint density at radius 1 is 1.25 bits per heavy atom. The smallest absolute Gasteiger partial charge is 0.177 e. The van der Waals surface area contributed by atoms with Gasteiger partial charge in [-0.05, 0) is 36.3 Å². The predicted octanol–water partition coefficient (Wildman–Crippen LogP) is 4.10. The number of halogens is 2. The van der Waals surface area contributed by atoms with Crippen molar-refractivity contribution >= 4 is 35.4 Å². The minimum absolute atomic E-state index is 0.587. The van der Waals surface area contributed by atoms with Gasteiger partial charge in [-0.1, -0.05) is 29.3 Å². The lowest BCUT2D eigenvalue weighted by Crippen LogP contribution is -1.99. The van der Waals surface area contributed by atoms with Gasteiger partial charge in [0.15, 0.2) is 4.77 Å². The molecule has 1 aromatic carbocycles. The molecule has 2 aromatic rings. The Morgan fingerprint density at radius 2 is 2.06 bits per heavy atom. The van der Waals surface area contributed by atoms with E-state index in [4.69, 9.17) is 35.4 Å². The van der Waals surface area contributed by atoms with E-state index in [0.29, 0.717) is 10.0 Å². The largest absolute Gasteiger partial charge is 0.337 e. The van der Waals surface area contributed by atoms with Gasteiger partial charge in [-0.3, -0.25) is 0 Å². The lowest BCUT2D eigenvalue weighted by atomic mass is 10.1. The molecule has 0 spiro atoms. The number of imidazole rings is 1. The zero-order chi connectivity index (χ0) is 11.5. The Kier molecular flexibility index (Phi) is 3.69. The summed E-state index contributed by atoms with van der Waals surface area (Å²) in [6.07, 6.45) is 4.64. The van der Waals surface area contributed by atoms with E-state index in [2.05, 4.69) is 4.98 Å². The fourth-order valence-corrected chi connectivity index (χ4v) is 2.01. The maximum Gasteiger partial charge on any atom is 0.177 e. The number of aryl methyl sites for hydroxylation is 2. The Balaban J connectivity index is 2.08. The van der Waals surface area contributed by atoms with E-state index in [1.54, 1.807) is 0 Å². The molecule has 0 saturated carbocycles. The SMILES string of the molecule is S=c1[nH]ccn1CCc1ccc(Cl)c(Cl)c1. The van der Waals surface area contributed by atoms with Gasteiger partial charge in [0.1, 0.15) is 0 Å². The van der Waals surface area contributed by atoms with Crippen molar-refractivity contribution < 1.29 is 0 Å². The summed E-state index contributed by atoms with van der Waals surface area (Å²) in [6, 6.07) is 5.68. The van der Waals surface area contributed by atoms with Crippen molar-refractivity contribution in [3.63, 3.8) is 0 Å². The fourth-order valence-electron chi connectivity index (χ4n) is 1.47. The minimum atomic E-state index is 0.587. The summed E-state index contributed by atoms with van der Waals surface area (Å²) in [6.45, 7) is 0.834. The van der Waals surface area contributed by atoms with Gasteiger partial charge < -0.3 is 9.55 Å². The van der Waals surface area contributed by atoms with Gasteiger partial charge in [-0.2, -0.15) is 0 Å². The zero-order valence-corrected chi connectivity index (χ0v) is 10.7. The summed E-state index contributed by atoms with van der Waals surface area (Å²) in [4.78, 5) is 2.96. The first-order valence-corrected chi connectivity index (χ1v) is 6.01. The first kappa shape index (κ1) is 11.7. The number of benzene rings is 1. The molecule has 0 radical (unpaired) electrons. The van der Waals surface area contributed by atoms with Crippen LogP contribution in [0.2, 0.25) is 10.0 Å². The van der Waals surface area contributed by atoms with Crippen molar-refractivity contribution in [3.05, 3.63) is 51.0 Å². The number of hydrogen-bond acceptors (Lipinski definition) is 1. The van der Waals surface area contributed by atoms with Gasteiger partial charge in [0.25, 0.3) is 0 Å². The Hall–Kier alpha value is -0.770. The van der Waals surface area contributed by atoms with E-state index < -0.39 is 0 Å². The molecule has 0 amide bonds. The van der Waals surface area contributed by atoms with Crippen LogP contribution >= 0.6 is 35.4 Å². The van der Waals surface area contributed by atoms with Crippen molar-refractivity contribution in [2.75, 3.05) is 0 Å². The monoisotopic (exact) mass is 272 g/mol. The fraction of sp³-hybridized carbons (Fsp3) is 0.182. The molecule has 0 saturated heterocycles. The summed E-state index contributed by atoms with van der Waals surface area (Å²) < 4.78 is 2.72. The number of hydrogen-bond donors (Lipinski definition) is 1. The third kappa shape index (κ3) is 2.67.